The van der Waals surface area contributed by atoms with Crippen molar-refractivity contribution in [2.24, 2.45) is 0 Å². The number of carboxylic acids is 1. The van der Waals surface area contributed by atoms with Crippen LogP contribution in [0.5, 0.6) is 5.75 Å². The van der Waals surface area contributed by atoms with Gasteiger partial charge in [0.1, 0.15) is 5.75 Å². The van der Waals surface area contributed by atoms with E-state index in [0.29, 0.717) is 5.75 Å². The zero-order chi connectivity index (χ0) is 9.68. The summed E-state index contributed by atoms with van der Waals surface area (Å²) in [6, 6.07) is 7.18. The first-order valence-corrected chi connectivity index (χ1v) is 3.77. The summed E-state index contributed by atoms with van der Waals surface area (Å²) < 4.78 is 4.98. The van der Waals surface area contributed by atoms with Crippen LogP contribution in [0.1, 0.15) is 5.56 Å². The Hall–Kier alpha value is -1.48. The largest absolute Gasteiger partial charge is 0.497 e. The molecule has 0 aliphatic rings. The Morgan fingerprint density at radius 3 is 2.79 bits per heavy atom. The topological polar surface area (TPSA) is 46.5 Å². The number of halogens is 1. The first-order valence-electron chi connectivity index (χ1n) is 3.77. The third-order valence-electron chi connectivity index (χ3n) is 1.51. The van der Waals surface area contributed by atoms with Crippen LogP contribution in [-0.4, -0.2) is 18.2 Å². The van der Waals surface area contributed by atoms with E-state index in [9.17, 15) is 4.79 Å². The second-order valence-corrected chi connectivity index (χ2v) is 2.45. The molecular formula is C10H11ClO3. The van der Waals surface area contributed by atoms with Crippen LogP contribution < -0.4 is 4.74 Å². The van der Waals surface area contributed by atoms with Crippen molar-refractivity contribution in [3.8, 4) is 5.75 Å². The van der Waals surface area contributed by atoms with E-state index >= 15 is 0 Å². The lowest BCUT2D eigenvalue weighted by Crippen LogP contribution is -1.86. The first kappa shape index (κ1) is 12.5. The van der Waals surface area contributed by atoms with Gasteiger partial charge in [-0.25, -0.2) is 4.79 Å². The van der Waals surface area contributed by atoms with Gasteiger partial charge in [0.2, 0.25) is 0 Å². The van der Waals surface area contributed by atoms with Gasteiger partial charge in [0.15, 0.2) is 0 Å². The van der Waals surface area contributed by atoms with Gasteiger partial charge in [0, 0.05) is 6.08 Å². The number of aliphatic carboxylic acids is 1. The third kappa shape index (κ3) is 3.96. The second kappa shape index (κ2) is 6.05. The highest BCUT2D eigenvalue weighted by molar-refractivity contribution is 5.85. The zero-order valence-electron chi connectivity index (χ0n) is 7.64. The van der Waals surface area contributed by atoms with Gasteiger partial charge in [-0.3, -0.25) is 0 Å². The summed E-state index contributed by atoms with van der Waals surface area (Å²) in [5.41, 5.74) is 0.807. The average Bonchev–Trinajstić information content (AvgIpc) is 2.15. The second-order valence-electron chi connectivity index (χ2n) is 2.45. The number of benzene rings is 1. The van der Waals surface area contributed by atoms with E-state index < -0.39 is 5.97 Å². The normalized spacial score (nSPS) is 9.50. The molecule has 0 heterocycles. The molecule has 0 radical (unpaired) electrons. The number of rotatable bonds is 3. The van der Waals surface area contributed by atoms with Gasteiger partial charge < -0.3 is 9.84 Å². The Morgan fingerprint density at radius 1 is 1.50 bits per heavy atom. The van der Waals surface area contributed by atoms with Crippen LogP contribution in [0.4, 0.5) is 0 Å². The monoisotopic (exact) mass is 214 g/mol. The number of ether oxygens (including phenoxy) is 1. The summed E-state index contributed by atoms with van der Waals surface area (Å²) in [7, 11) is 1.57. The maximum atomic E-state index is 10.2. The Labute approximate surface area is 88.4 Å². The first-order chi connectivity index (χ1) is 6.22. The lowest BCUT2D eigenvalue weighted by atomic mass is 10.2. The molecule has 0 amide bonds. The minimum atomic E-state index is -0.956. The van der Waals surface area contributed by atoms with Crippen LogP contribution >= 0.6 is 12.4 Å². The molecule has 14 heavy (non-hydrogen) atoms. The molecule has 1 aromatic rings. The van der Waals surface area contributed by atoms with E-state index in [1.807, 2.05) is 6.07 Å². The Morgan fingerprint density at radius 2 is 2.21 bits per heavy atom. The Kier molecular flexibility index (Phi) is 5.41. The van der Waals surface area contributed by atoms with Gasteiger partial charge in [-0.05, 0) is 23.8 Å². The number of hydrogen-bond acceptors (Lipinski definition) is 2. The maximum absolute atomic E-state index is 10.2. The molecule has 0 atom stereocenters. The van der Waals surface area contributed by atoms with Crippen molar-refractivity contribution < 1.29 is 14.6 Å². The lowest BCUT2D eigenvalue weighted by molar-refractivity contribution is -0.131. The van der Waals surface area contributed by atoms with E-state index in [0.717, 1.165) is 11.6 Å². The highest BCUT2D eigenvalue weighted by atomic mass is 35.5. The predicted molar refractivity (Wildman–Crippen MR) is 56.9 cm³/mol. The molecule has 1 N–H and O–H groups in total. The summed E-state index contributed by atoms with van der Waals surface area (Å²) in [4.78, 5) is 10.2. The molecule has 0 spiro atoms. The predicted octanol–water partition coefficient (Wildman–Crippen LogP) is 2.21. The van der Waals surface area contributed by atoms with Gasteiger partial charge in [0.05, 0.1) is 7.11 Å². The van der Waals surface area contributed by atoms with Crippen LogP contribution in [0.25, 0.3) is 6.08 Å². The summed E-state index contributed by atoms with van der Waals surface area (Å²) in [5.74, 6) is -0.240. The van der Waals surface area contributed by atoms with Gasteiger partial charge in [-0.2, -0.15) is 0 Å². The van der Waals surface area contributed by atoms with Crippen molar-refractivity contribution in [3.05, 3.63) is 35.9 Å². The molecule has 0 aliphatic carbocycles. The highest BCUT2D eigenvalue weighted by Gasteiger charge is 1.92. The van der Waals surface area contributed by atoms with Gasteiger partial charge in [0.25, 0.3) is 0 Å². The molecule has 0 saturated carbocycles. The lowest BCUT2D eigenvalue weighted by Gasteiger charge is -1.99. The van der Waals surface area contributed by atoms with Crippen LogP contribution in [-0.2, 0) is 4.79 Å². The van der Waals surface area contributed by atoms with Gasteiger partial charge in [-0.15, -0.1) is 12.4 Å². The zero-order valence-corrected chi connectivity index (χ0v) is 8.45. The fraction of sp³-hybridized carbons (Fsp3) is 0.100. The van der Waals surface area contributed by atoms with Gasteiger partial charge >= 0.3 is 5.97 Å². The SMILES string of the molecule is COc1cccc(C=CC(=O)O)c1.Cl. The number of hydrogen-bond donors (Lipinski definition) is 1. The van der Waals surface area contributed by atoms with Crippen LogP contribution in [0.2, 0.25) is 0 Å². The number of carboxylic acid groups (broad SMARTS) is 1. The summed E-state index contributed by atoms with van der Waals surface area (Å²) in [6.45, 7) is 0. The quantitative estimate of drug-likeness (QED) is 0.785. The third-order valence-corrected chi connectivity index (χ3v) is 1.51. The minimum Gasteiger partial charge on any atom is -0.497 e. The molecule has 4 heteroatoms. The van der Waals surface area contributed by atoms with Crippen LogP contribution in [0.15, 0.2) is 30.3 Å². The molecule has 76 valence electrons. The molecule has 0 saturated heterocycles. The minimum absolute atomic E-state index is 0. The van der Waals surface area contributed by atoms with E-state index in [4.69, 9.17) is 9.84 Å². The molecule has 0 aliphatic heterocycles. The molecule has 1 rings (SSSR count). The number of methoxy groups -OCH3 is 1. The summed E-state index contributed by atoms with van der Waals surface area (Å²) >= 11 is 0. The fourth-order valence-electron chi connectivity index (χ4n) is 0.913. The molecular weight excluding hydrogens is 204 g/mol. The maximum Gasteiger partial charge on any atom is 0.328 e. The summed E-state index contributed by atoms with van der Waals surface area (Å²) in [6.07, 6.45) is 2.61. The molecule has 0 bridgehead atoms. The Bertz CT molecular complexity index is 334. The molecule has 0 fully saturated rings. The molecule has 1 aromatic carbocycles. The van der Waals surface area contributed by atoms with Crippen molar-refractivity contribution in [3.63, 3.8) is 0 Å². The molecule has 3 nitrogen and oxygen atoms in total. The highest BCUT2D eigenvalue weighted by Crippen LogP contribution is 2.13. The average molecular weight is 215 g/mol. The molecule has 0 aromatic heterocycles. The fourth-order valence-corrected chi connectivity index (χ4v) is 0.913. The van der Waals surface area contributed by atoms with E-state index in [1.165, 1.54) is 6.08 Å². The Balaban J connectivity index is 0.00000169. The van der Waals surface area contributed by atoms with Crippen molar-refractivity contribution >= 4 is 24.5 Å². The van der Waals surface area contributed by atoms with E-state index in [1.54, 1.807) is 25.3 Å². The van der Waals surface area contributed by atoms with E-state index in [2.05, 4.69) is 0 Å². The standard InChI is InChI=1S/C10H10O3.ClH/c1-13-9-4-2-3-8(7-9)5-6-10(11)12;/h2-7H,1H3,(H,11,12);1H. The van der Waals surface area contributed by atoms with Crippen molar-refractivity contribution in [1.82, 2.24) is 0 Å². The van der Waals surface area contributed by atoms with Crippen LogP contribution in [0.3, 0.4) is 0 Å². The number of carbonyl (C=O) groups is 1. The molecule has 0 unspecified atom stereocenters. The van der Waals surface area contributed by atoms with Crippen molar-refractivity contribution in [1.29, 1.82) is 0 Å². The van der Waals surface area contributed by atoms with Gasteiger partial charge in [-0.1, -0.05) is 12.1 Å². The summed E-state index contributed by atoms with van der Waals surface area (Å²) in [5, 5.41) is 8.38. The van der Waals surface area contributed by atoms with Crippen molar-refractivity contribution in [2.45, 2.75) is 0 Å². The van der Waals surface area contributed by atoms with E-state index in [-0.39, 0.29) is 12.4 Å². The smallest absolute Gasteiger partial charge is 0.328 e. The van der Waals surface area contributed by atoms with Crippen molar-refractivity contribution in [2.75, 3.05) is 7.11 Å². The van der Waals surface area contributed by atoms with Crippen LogP contribution in [0, 0.1) is 0 Å².